The Morgan fingerprint density at radius 3 is 2.09 bits per heavy atom. The molecule has 10 heteroatoms. The van der Waals surface area contributed by atoms with E-state index < -0.39 is 46.1 Å². The average Bonchev–Trinajstić information content (AvgIpc) is 3.00. The van der Waals surface area contributed by atoms with Crippen LogP contribution in [0.15, 0.2) is 108 Å². The normalized spacial score (nSPS) is 11.9. The first-order chi connectivity index (χ1) is 20.6. The fraction of sp³-hybridized carbons (Fsp3) is 0.212. The van der Waals surface area contributed by atoms with E-state index in [0.717, 1.165) is 27.6 Å². The minimum Gasteiger partial charge on any atom is -0.355 e. The lowest BCUT2D eigenvalue weighted by Gasteiger charge is -2.34. The van der Waals surface area contributed by atoms with E-state index in [1.54, 1.807) is 37.3 Å². The van der Waals surface area contributed by atoms with E-state index in [1.165, 1.54) is 47.4 Å². The van der Waals surface area contributed by atoms with Gasteiger partial charge in [-0.25, -0.2) is 17.2 Å². The molecule has 7 nitrogen and oxygen atoms in total. The number of carbonyl (C=O) groups is 2. The molecular formula is C33H33F2N3O4S. The number of nitrogens with zero attached hydrogens (tertiary/aromatic N) is 2. The maximum atomic E-state index is 14.9. The van der Waals surface area contributed by atoms with Crippen molar-refractivity contribution in [3.8, 4) is 0 Å². The monoisotopic (exact) mass is 605 g/mol. The molecule has 0 aliphatic carbocycles. The predicted octanol–water partition coefficient (Wildman–Crippen LogP) is 5.24. The van der Waals surface area contributed by atoms with Gasteiger partial charge in [-0.1, -0.05) is 66.2 Å². The first-order valence-electron chi connectivity index (χ1n) is 13.8. The van der Waals surface area contributed by atoms with Gasteiger partial charge < -0.3 is 10.2 Å². The van der Waals surface area contributed by atoms with Crippen molar-refractivity contribution in [3.63, 3.8) is 0 Å². The summed E-state index contributed by atoms with van der Waals surface area (Å²) in [5, 5.41) is 2.75. The second-order valence-electron chi connectivity index (χ2n) is 10.0. The number of nitrogens with one attached hydrogen (secondary N) is 1. The number of benzene rings is 4. The molecule has 0 saturated heterocycles. The van der Waals surface area contributed by atoms with E-state index >= 15 is 0 Å². The number of hydrogen-bond donors (Lipinski definition) is 1. The molecule has 4 aromatic rings. The highest BCUT2D eigenvalue weighted by molar-refractivity contribution is 7.92. The maximum Gasteiger partial charge on any atom is 0.264 e. The quantitative estimate of drug-likeness (QED) is 0.239. The first kappa shape index (κ1) is 31.4. The number of likely N-dealkylation sites (N-methyl/N-ethyl adjacent to an activating group) is 1. The standard InChI is InChI=1S/C33H33F2N3O4S/c1-3-36-33(40)31(21-25-9-5-4-6-10-25)37(22-26-11-7-8-12-30(26)35)32(39)23-38(28-17-15-27(34)16-18-28)43(41,42)29-19-13-24(2)14-20-29/h4-20,31H,3,21-23H2,1-2H3,(H,36,40)/t31-/m1/s1. The third-order valence-corrected chi connectivity index (χ3v) is 8.71. The number of carbonyl (C=O) groups excluding carboxylic acids is 2. The van der Waals surface area contributed by atoms with Gasteiger partial charge in [-0.05, 0) is 61.9 Å². The van der Waals surface area contributed by atoms with E-state index in [9.17, 15) is 26.8 Å². The SMILES string of the molecule is CCNC(=O)[C@@H](Cc1ccccc1)N(Cc1ccccc1F)C(=O)CN(c1ccc(F)cc1)S(=O)(=O)c1ccc(C)cc1. The van der Waals surface area contributed by atoms with Gasteiger partial charge in [0, 0.05) is 25.1 Å². The number of aryl methyl sites for hydroxylation is 1. The van der Waals surface area contributed by atoms with Crippen LogP contribution >= 0.6 is 0 Å². The summed E-state index contributed by atoms with van der Waals surface area (Å²) < 4.78 is 57.4. The Hall–Kier alpha value is -4.57. The second kappa shape index (κ2) is 14.1. The molecule has 224 valence electrons. The van der Waals surface area contributed by atoms with Gasteiger partial charge in [0.25, 0.3) is 10.0 Å². The van der Waals surface area contributed by atoms with Crippen molar-refractivity contribution >= 4 is 27.5 Å². The average molecular weight is 606 g/mol. The van der Waals surface area contributed by atoms with Crippen molar-refractivity contribution in [2.75, 3.05) is 17.4 Å². The van der Waals surface area contributed by atoms with Crippen molar-refractivity contribution in [1.82, 2.24) is 10.2 Å². The lowest BCUT2D eigenvalue weighted by Crippen LogP contribution is -2.53. The van der Waals surface area contributed by atoms with Crippen LogP contribution in [0.5, 0.6) is 0 Å². The molecule has 0 aromatic heterocycles. The van der Waals surface area contributed by atoms with Gasteiger partial charge >= 0.3 is 0 Å². The van der Waals surface area contributed by atoms with Crippen LogP contribution in [-0.2, 0) is 32.6 Å². The number of amides is 2. The first-order valence-corrected chi connectivity index (χ1v) is 15.2. The van der Waals surface area contributed by atoms with E-state index in [-0.39, 0.29) is 35.7 Å². The summed E-state index contributed by atoms with van der Waals surface area (Å²) in [7, 11) is -4.32. The summed E-state index contributed by atoms with van der Waals surface area (Å²) in [4.78, 5) is 28.8. The summed E-state index contributed by atoms with van der Waals surface area (Å²) >= 11 is 0. The zero-order valence-corrected chi connectivity index (χ0v) is 24.7. The van der Waals surface area contributed by atoms with Gasteiger partial charge in [0.1, 0.15) is 24.2 Å². The topological polar surface area (TPSA) is 86.8 Å². The number of anilines is 1. The lowest BCUT2D eigenvalue weighted by atomic mass is 10.0. The second-order valence-corrected chi connectivity index (χ2v) is 11.9. The molecule has 2 amide bonds. The summed E-state index contributed by atoms with van der Waals surface area (Å²) in [5.74, 6) is -2.36. The maximum absolute atomic E-state index is 14.9. The Bertz CT molecular complexity index is 1650. The molecule has 43 heavy (non-hydrogen) atoms. The van der Waals surface area contributed by atoms with Crippen LogP contribution < -0.4 is 9.62 Å². The molecule has 4 aromatic carbocycles. The van der Waals surface area contributed by atoms with Crippen LogP contribution in [-0.4, -0.2) is 44.3 Å². The summed E-state index contributed by atoms with van der Waals surface area (Å²) in [6, 6.07) is 24.7. The molecule has 0 heterocycles. The molecule has 0 spiro atoms. The summed E-state index contributed by atoms with van der Waals surface area (Å²) in [5.41, 5.74) is 1.81. The molecule has 0 radical (unpaired) electrons. The van der Waals surface area contributed by atoms with Gasteiger partial charge in [0.2, 0.25) is 11.8 Å². The number of halogens is 2. The number of sulfonamides is 1. The molecular weight excluding hydrogens is 572 g/mol. The third-order valence-electron chi connectivity index (χ3n) is 6.92. The Kier molecular flexibility index (Phi) is 10.3. The van der Waals surface area contributed by atoms with Crippen molar-refractivity contribution in [2.24, 2.45) is 0 Å². The van der Waals surface area contributed by atoms with Gasteiger partial charge in [-0.3, -0.25) is 13.9 Å². The highest BCUT2D eigenvalue weighted by Gasteiger charge is 2.34. The summed E-state index contributed by atoms with van der Waals surface area (Å²) in [6.45, 7) is 2.83. The van der Waals surface area contributed by atoms with E-state index in [1.807, 2.05) is 25.1 Å². The number of rotatable bonds is 12. The molecule has 0 bridgehead atoms. The fourth-order valence-electron chi connectivity index (χ4n) is 4.63. The van der Waals surface area contributed by atoms with E-state index in [2.05, 4.69) is 5.32 Å². The van der Waals surface area contributed by atoms with Crippen LogP contribution in [0, 0.1) is 18.6 Å². The van der Waals surface area contributed by atoms with E-state index in [0.29, 0.717) is 0 Å². The smallest absolute Gasteiger partial charge is 0.264 e. The third kappa shape index (κ3) is 7.84. The zero-order chi connectivity index (χ0) is 31.0. The van der Waals surface area contributed by atoms with Crippen LogP contribution in [0.1, 0.15) is 23.6 Å². The molecule has 1 atom stereocenters. The molecule has 0 aliphatic heterocycles. The van der Waals surface area contributed by atoms with Gasteiger partial charge in [-0.2, -0.15) is 0 Å². The van der Waals surface area contributed by atoms with Crippen molar-refractivity contribution in [1.29, 1.82) is 0 Å². The Labute approximate surface area is 250 Å². The van der Waals surface area contributed by atoms with Gasteiger partial charge in [-0.15, -0.1) is 0 Å². The molecule has 0 fully saturated rings. The molecule has 0 unspecified atom stereocenters. The molecule has 1 N–H and O–H groups in total. The Morgan fingerprint density at radius 2 is 1.47 bits per heavy atom. The molecule has 0 aliphatic rings. The van der Waals surface area contributed by atoms with Gasteiger partial charge in [0.05, 0.1) is 10.6 Å². The Morgan fingerprint density at radius 1 is 0.837 bits per heavy atom. The minimum atomic E-state index is -4.32. The largest absolute Gasteiger partial charge is 0.355 e. The number of hydrogen-bond acceptors (Lipinski definition) is 4. The van der Waals surface area contributed by atoms with Crippen LogP contribution in [0.2, 0.25) is 0 Å². The highest BCUT2D eigenvalue weighted by atomic mass is 32.2. The molecule has 4 rings (SSSR count). The highest BCUT2D eigenvalue weighted by Crippen LogP contribution is 2.26. The fourth-order valence-corrected chi connectivity index (χ4v) is 6.04. The Balaban J connectivity index is 1.80. The van der Waals surface area contributed by atoms with Crippen molar-refractivity contribution in [2.45, 2.75) is 37.8 Å². The molecule has 0 saturated carbocycles. The summed E-state index contributed by atoms with van der Waals surface area (Å²) in [6.07, 6.45) is 0.105. The van der Waals surface area contributed by atoms with Crippen molar-refractivity contribution in [3.05, 3.63) is 131 Å². The zero-order valence-electron chi connectivity index (χ0n) is 23.9. The van der Waals surface area contributed by atoms with Gasteiger partial charge in [0.15, 0.2) is 0 Å². The van der Waals surface area contributed by atoms with Crippen LogP contribution in [0.3, 0.4) is 0 Å². The van der Waals surface area contributed by atoms with Crippen molar-refractivity contribution < 1.29 is 26.8 Å². The van der Waals surface area contributed by atoms with Crippen LogP contribution in [0.4, 0.5) is 14.5 Å². The lowest BCUT2D eigenvalue weighted by molar-refractivity contribution is -0.140. The minimum absolute atomic E-state index is 0.0544. The predicted molar refractivity (Wildman–Crippen MR) is 162 cm³/mol. The van der Waals surface area contributed by atoms with Crippen LogP contribution in [0.25, 0.3) is 0 Å². The van der Waals surface area contributed by atoms with E-state index in [4.69, 9.17) is 0 Å².